The Labute approximate surface area is 74.2 Å². The van der Waals surface area contributed by atoms with E-state index >= 15 is 0 Å². The van der Waals surface area contributed by atoms with E-state index in [2.05, 4.69) is 6.92 Å². The molecule has 1 saturated heterocycles. The van der Waals surface area contributed by atoms with Crippen LogP contribution in [0.25, 0.3) is 0 Å². The van der Waals surface area contributed by atoms with Gasteiger partial charge in [0.05, 0.1) is 12.7 Å². The molecule has 1 aliphatic heterocycles. The minimum absolute atomic E-state index is 0.238. The van der Waals surface area contributed by atoms with E-state index in [1.54, 1.807) is 7.11 Å². The van der Waals surface area contributed by atoms with Crippen molar-refractivity contribution < 1.29 is 9.47 Å². The van der Waals surface area contributed by atoms with E-state index < -0.39 is 0 Å². The Balaban J connectivity index is 2.21. The molecule has 0 aromatic carbocycles. The van der Waals surface area contributed by atoms with Crippen LogP contribution in [0, 0.1) is 5.92 Å². The van der Waals surface area contributed by atoms with E-state index in [4.69, 9.17) is 15.2 Å². The summed E-state index contributed by atoms with van der Waals surface area (Å²) in [6.07, 6.45) is 2.31. The van der Waals surface area contributed by atoms with Gasteiger partial charge in [0.1, 0.15) is 0 Å². The maximum absolute atomic E-state index is 6.00. The molecule has 0 saturated carbocycles. The third-order valence-corrected chi connectivity index (χ3v) is 2.58. The van der Waals surface area contributed by atoms with Gasteiger partial charge in [-0.1, -0.05) is 0 Å². The van der Waals surface area contributed by atoms with Crippen molar-refractivity contribution in [2.45, 2.75) is 31.9 Å². The van der Waals surface area contributed by atoms with Gasteiger partial charge in [0.15, 0.2) is 0 Å². The largest absolute Gasteiger partial charge is 0.382 e. The molecule has 0 radical (unpaired) electrons. The minimum atomic E-state index is 0.238. The van der Waals surface area contributed by atoms with Crippen LogP contribution >= 0.6 is 0 Å². The fraction of sp³-hybridized carbons (Fsp3) is 1.00. The minimum Gasteiger partial charge on any atom is -0.382 e. The molecule has 2 N–H and O–H groups in total. The first-order chi connectivity index (χ1) is 5.74. The highest BCUT2D eigenvalue weighted by Crippen LogP contribution is 2.18. The number of rotatable bonds is 4. The van der Waals surface area contributed by atoms with Gasteiger partial charge in [-0.3, -0.25) is 0 Å². The number of methoxy groups -OCH3 is 1. The van der Waals surface area contributed by atoms with Crippen LogP contribution in [0.2, 0.25) is 0 Å². The van der Waals surface area contributed by atoms with Crippen LogP contribution < -0.4 is 5.73 Å². The summed E-state index contributed by atoms with van der Waals surface area (Å²) in [5, 5.41) is 0. The van der Waals surface area contributed by atoms with E-state index in [0.29, 0.717) is 5.92 Å². The lowest BCUT2D eigenvalue weighted by molar-refractivity contribution is 0.0953. The second-order valence-corrected chi connectivity index (χ2v) is 3.57. The van der Waals surface area contributed by atoms with E-state index in [0.717, 1.165) is 26.1 Å². The Kier molecular flexibility index (Phi) is 3.98. The van der Waals surface area contributed by atoms with Gasteiger partial charge in [0.2, 0.25) is 0 Å². The summed E-state index contributed by atoms with van der Waals surface area (Å²) >= 11 is 0. The lowest BCUT2D eigenvalue weighted by Crippen LogP contribution is -2.33. The van der Waals surface area contributed by atoms with Crippen molar-refractivity contribution in [1.29, 1.82) is 0 Å². The van der Waals surface area contributed by atoms with Crippen molar-refractivity contribution >= 4 is 0 Å². The Bertz CT molecular complexity index is 124. The average Bonchev–Trinajstić information content (AvgIpc) is 2.56. The predicted molar refractivity (Wildman–Crippen MR) is 48.0 cm³/mol. The van der Waals surface area contributed by atoms with Gasteiger partial charge in [-0.05, 0) is 25.7 Å². The van der Waals surface area contributed by atoms with Crippen LogP contribution in [0.3, 0.4) is 0 Å². The highest BCUT2D eigenvalue weighted by molar-refractivity contribution is 4.77. The molecular formula is C9H19NO2. The molecule has 3 nitrogen and oxygen atoms in total. The van der Waals surface area contributed by atoms with Gasteiger partial charge >= 0.3 is 0 Å². The molecule has 0 aromatic rings. The summed E-state index contributed by atoms with van der Waals surface area (Å²) in [5.41, 5.74) is 6.00. The third-order valence-electron chi connectivity index (χ3n) is 2.58. The maximum atomic E-state index is 6.00. The fourth-order valence-corrected chi connectivity index (χ4v) is 1.56. The summed E-state index contributed by atoms with van der Waals surface area (Å²) in [6.45, 7) is 3.76. The smallest absolute Gasteiger partial charge is 0.0558 e. The van der Waals surface area contributed by atoms with Crippen LogP contribution in [0.5, 0.6) is 0 Å². The normalized spacial score (nSPS) is 28.8. The highest BCUT2D eigenvalue weighted by Gasteiger charge is 2.23. The van der Waals surface area contributed by atoms with Crippen LogP contribution in [0.15, 0.2) is 0 Å². The van der Waals surface area contributed by atoms with Crippen LogP contribution in [-0.4, -0.2) is 32.5 Å². The summed E-state index contributed by atoms with van der Waals surface area (Å²) in [7, 11) is 1.72. The van der Waals surface area contributed by atoms with Crippen LogP contribution in [-0.2, 0) is 9.47 Å². The van der Waals surface area contributed by atoms with Gasteiger partial charge in [-0.25, -0.2) is 0 Å². The summed E-state index contributed by atoms with van der Waals surface area (Å²) in [6, 6.07) is 0.238. The molecule has 0 aliphatic carbocycles. The van der Waals surface area contributed by atoms with Crippen LogP contribution in [0.4, 0.5) is 0 Å². The standard InChI is InChI=1S/C9H19NO2/c1-7(11-2)5-9(10)8-3-4-12-6-8/h7-9H,3-6,10H2,1-2H3. The van der Waals surface area contributed by atoms with Crippen LogP contribution in [0.1, 0.15) is 19.8 Å². The zero-order chi connectivity index (χ0) is 8.97. The van der Waals surface area contributed by atoms with Crippen molar-refractivity contribution in [2.24, 2.45) is 11.7 Å². The zero-order valence-corrected chi connectivity index (χ0v) is 7.95. The summed E-state index contributed by atoms with van der Waals surface area (Å²) in [5.74, 6) is 0.544. The van der Waals surface area contributed by atoms with Gasteiger partial charge in [0, 0.05) is 19.8 Å². The predicted octanol–water partition coefficient (Wildman–Crippen LogP) is 0.775. The molecule has 1 heterocycles. The third kappa shape index (κ3) is 2.73. The molecule has 1 fully saturated rings. The Morgan fingerprint density at radius 3 is 2.92 bits per heavy atom. The van der Waals surface area contributed by atoms with Crippen molar-refractivity contribution in [1.82, 2.24) is 0 Å². The van der Waals surface area contributed by atoms with Crippen molar-refractivity contribution in [2.75, 3.05) is 20.3 Å². The van der Waals surface area contributed by atoms with E-state index in [-0.39, 0.29) is 12.1 Å². The molecule has 12 heavy (non-hydrogen) atoms. The molecule has 3 heteroatoms. The molecular weight excluding hydrogens is 154 g/mol. The number of ether oxygens (including phenoxy) is 2. The number of hydrogen-bond donors (Lipinski definition) is 1. The second-order valence-electron chi connectivity index (χ2n) is 3.57. The molecule has 0 spiro atoms. The molecule has 1 aliphatic rings. The molecule has 3 unspecified atom stereocenters. The Morgan fingerprint density at radius 1 is 1.67 bits per heavy atom. The molecule has 72 valence electrons. The average molecular weight is 173 g/mol. The monoisotopic (exact) mass is 173 g/mol. The zero-order valence-electron chi connectivity index (χ0n) is 7.95. The van der Waals surface area contributed by atoms with E-state index in [9.17, 15) is 0 Å². The molecule has 1 rings (SSSR count). The summed E-state index contributed by atoms with van der Waals surface area (Å²) < 4.78 is 10.4. The lowest BCUT2D eigenvalue weighted by atomic mass is 9.95. The topological polar surface area (TPSA) is 44.5 Å². The molecule has 0 aromatic heterocycles. The number of hydrogen-bond acceptors (Lipinski definition) is 3. The Hall–Kier alpha value is -0.120. The Morgan fingerprint density at radius 2 is 2.42 bits per heavy atom. The van der Waals surface area contributed by atoms with Gasteiger partial charge in [-0.15, -0.1) is 0 Å². The first-order valence-corrected chi connectivity index (χ1v) is 4.60. The molecule has 0 bridgehead atoms. The van der Waals surface area contributed by atoms with E-state index in [1.165, 1.54) is 0 Å². The van der Waals surface area contributed by atoms with Gasteiger partial charge in [0.25, 0.3) is 0 Å². The maximum Gasteiger partial charge on any atom is 0.0558 e. The number of nitrogens with two attached hydrogens (primary N) is 1. The van der Waals surface area contributed by atoms with Crippen molar-refractivity contribution in [3.8, 4) is 0 Å². The van der Waals surface area contributed by atoms with Crippen molar-refractivity contribution in [3.05, 3.63) is 0 Å². The fourth-order valence-electron chi connectivity index (χ4n) is 1.56. The second kappa shape index (κ2) is 4.80. The first kappa shape index (κ1) is 9.96. The quantitative estimate of drug-likeness (QED) is 0.683. The summed E-state index contributed by atoms with van der Waals surface area (Å²) in [4.78, 5) is 0. The molecule has 0 amide bonds. The van der Waals surface area contributed by atoms with Gasteiger partial charge < -0.3 is 15.2 Å². The lowest BCUT2D eigenvalue weighted by Gasteiger charge is -2.20. The highest BCUT2D eigenvalue weighted by atomic mass is 16.5. The molecule has 3 atom stereocenters. The van der Waals surface area contributed by atoms with Gasteiger partial charge in [-0.2, -0.15) is 0 Å². The van der Waals surface area contributed by atoms with E-state index in [1.807, 2.05) is 0 Å². The first-order valence-electron chi connectivity index (χ1n) is 4.60. The van der Waals surface area contributed by atoms with Crippen molar-refractivity contribution in [3.63, 3.8) is 0 Å². The SMILES string of the molecule is COC(C)CC(N)C1CCOC1.